The van der Waals surface area contributed by atoms with Crippen LogP contribution in [0, 0.1) is 0 Å². The van der Waals surface area contributed by atoms with Crippen LogP contribution in [0.25, 0.3) is 0 Å². The van der Waals surface area contributed by atoms with E-state index in [1.165, 1.54) is 0 Å². The summed E-state index contributed by atoms with van der Waals surface area (Å²) < 4.78 is 2.09. The van der Waals surface area contributed by atoms with Crippen molar-refractivity contribution in [2.24, 2.45) is 0 Å². The molecule has 0 aliphatic carbocycles. The van der Waals surface area contributed by atoms with Gasteiger partial charge in [0.25, 0.3) is 0 Å². The van der Waals surface area contributed by atoms with Crippen LogP contribution in [0.15, 0.2) is 24.8 Å². The van der Waals surface area contributed by atoms with Gasteiger partial charge in [0.15, 0.2) is 5.82 Å². The number of nitrogens with one attached hydrogen (secondary N) is 1. The fourth-order valence-corrected chi connectivity index (χ4v) is 2.02. The van der Waals surface area contributed by atoms with E-state index >= 15 is 0 Å². The smallest absolute Gasteiger partial charge is 0.152 e. The lowest BCUT2D eigenvalue weighted by Crippen LogP contribution is -2.33. The summed E-state index contributed by atoms with van der Waals surface area (Å²) in [7, 11) is 1.90. The highest BCUT2D eigenvalue weighted by atomic mass is 15.3. The first kappa shape index (κ1) is 10.1. The maximum absolute atomic E-state index is 4.23. The summed E-state index contributed by atoms with van der Waals surface area (Å²) >= 11 is 0. The van der Waals surface area contributed by atoms with Crippen molar-refractivity contribution in [3.63, 3.8) is 0 Å². The van der Waals surface area contributed by atoms with Gasteiger partial charge in [-0.15, -0.1) is 10.2 Å². The topological polar surface area (TPSA) is 58.9 Å². The van der Waals surface area contributed by atoms with E-state index < -0.39 is 0 Å². The molecule has 6 nitrogen and oxygen atoms in total. The van der Waals surface area contributed by atoms with Gasteiger partial charge in [-0.1, -0.05) is 0 Å². The molecular formula is C11H14N6. The van der Waals surface area contributed by atoms with Gasteiger partial charge in [0.1, 0.15) is 6.33 Å². The number of nitrogens with zero attached hydrogens (tertiary/aromatic N) is 5. The third-order valence-corrected chi connectivity index (χ3v) is 3.02. The highest BCUT2D eigenvalue weighted by molar-refractivity contribution is 5.55. The minimum absolute atomic E-state index is 0.787. The number of rotatable bonds is 2. The normalized spacial score (nSPS) is 14.5. The van der Waals surface area contributed by atoms with E-state index in [0.717, 1.165) is 36.8 Å². The maximum Gasteiger partial charge on any atom is 0.152 e. The van der Waals surface area contributed by atoms with Crippen LogP contribution in [-0.2, 0) is 13.1 Å². The zero-order valence-corrected chi connectivity index (χ0v) is 9.67. The van der Waals surface area contributed by atoms with Crippen LogP contribution >= 0.6 is 0 Å². The molecule has 0 spiro atoms. The molecule has 1 aliphatic rings. The quantitative estimate of drug-likeness (QED) is 0.824. The molecule has 0 fully saturated rings. The largest absolute Gasteiger partial charge is 0.387 e. The SMILES string of the molecule is CNc1cncc(N2CCn3cnnc3C2)c1. The second kappa shape index (κ2) is 4.04. The van der Waals surface area contributed by atoms with Gasteiger partial charge >= 0.3 is 0 Å². The fraction of sp³-hybridized carbons (Fsp3) is 0.364. The van der Waals surface area contributed by atoms with Crippen molar-refractivity contribution >= 4 is 11.4 Å². The van der Waals surface area contributed by atoms with Crippen LogP contribution in [0.4, 0.5) is 11.4 Å². The molecule has 0 aromatic carbocycles. The van der Waals surface area contributed by atoms with Crippen molar-refractivity contribution < 1.29 is 0 Å². The molecule has 3 rings (SSSR count). The molecule has 0 unspecified atom stereocenters. The van der Waals surface area contributed by atoms with E-state index in [-0.39, 0.29) is 0 Å². The summed E-state index contributed by atoms with van der Waals surface area (Å²) in [6, 6.07) is 2.10. The van der Waals surface area contributed by atoms with Gasteiger partial charge in [-0.3, -0.25) is 4.98 Å². The lowest BCUT2D eigenvalue weighted by molar-refractivity contribution is 0.559. The lowest BCUT2D eigenvalue weighted by atomic mass is 10.3. The summed E-state index contributed by atoms with van der Waals surface area (Å²) in [4.78, 5) is 6.49. The predicted octanol–water partition coefficient (Wildman–Crippen LogP) is 0.735. The Morgan fingerprint density at radius 3 is 3.12 bits per heavy atom. The number of anilines is 2. The molecule has 2 aromatic rings. The standard InChI is InChI=1S/C11H14N6/c1-12-9-4-10(6-13-5-9)16-2-3-17-8-14-15-11(17)7-16/h4-6,8,12H,2-3,7H2,1H3. The summed E-state index contributed by atoms with van der Waals surface area (Å²) in [5, 5.41) is 11.1. The Balaban J connectivity index is 1.86. The molecule has 6 heteroatoms. The second-order valence-electron chi connectivity index (χ2n) is 4.04. The maximum atomic E-state index is 4.23. The van der Waals surface area contributed by atoms with E-state index in [2.05, 4.69) is 36.0 Å². The number of aromatic nitrogens is 4. The molecule has 17 heavy (non-hydrogen) atoms. The Morgan fingerprint density at radius 2 is 2.24 bits per heavy atom. The Hall–Kier alpha value is -2.11. The van der Waals surface area contributed by atoms with E-state index in [9.17, 15) is 0 Å². The van der Waals surface area contributed by atoms with Crippen molar-refractivity contribution in [2.45, 2.75) is 13.1 Å². The summed E-state index contributed by atoms with van der Waals surface area (Å²) in [5.74, 6) is 1.01. The fourth-order valence-electron chi connectivity index (χ4n) is 2.02. The van der Waals surface area contributed by atoms with Crippen molar-refractivity contribution in [3.05, 3.63) is 30.6 Å². The molecule has 3 heterocycles. The first-order valence-corrected chi connectivity index (χ1v) is 5.61. The van der Waals surface area contributed by atoms with Gasteiger partial charge in [0, 0.05) is 20.1 Å². The molecular weight excluding hydrogens is 216 g/mol. The molecule has 0 amide bonds. The monoisotopic (exact) mass is 230 g/mol. The average Bonchev–Trinajstić information content (AvgIpc) is 2.86. The number of hydrogen-bond donors (Lipinski definition) is 1. The van der Waals surface area contributed by atoms with E-state index in [0.29, 0.717) is 0 Å². The Bertz CT molecular complexity index is 520. The molecule has 1 N–H and O–H groups in total. The average molecular weight is 230 g/mol. The molecule has 1 aliphatic heterocycles. The van der Waals surface area contributed by atoms with Gasteiger partial charge in [0.2, 0.25) is 0 Å². The first-order chi connectivity index (χ1) is 8.36. The minimum atomic E-state index is 0.787. The van der Waals surface area contributed by atoms with E-state index in [4.69, 9.17) is 0 Å². The molecule has 0 bridgehead atoms. The van der Waals surface area contributed by atoms with Gasteiger partial charge < -0.3 is 14.8 Å². The van der Waals surface area contributed by atoms with E-state index in [1.807, 2.05) is 19.4 Å². The Kier molecular flexibility index (Phi) is 2.40. The Morgan fingerprint density at radius 1 is 1.29 bits per heavy atom. The third-order valence-electron chi connectivity index (χ3n) is 3.02. The van der Waals surface area contributed by atoms with Crippen molar-refractivity contribution in [1.29, 1.82) is 0 Å². The van der Waals surface area contributed by atoms with Crippen LogP contribution in [0.3, 0.4) is 0 Å². The highest BCUT2D eigenvalue weighted by Gasteiger charge is 2.17. The van der Waals surface area contributed by atoms with Gasteiger partial charge in [0.05, 0.1) is 30.3 Å². The molecule has 88 valence electrons. The third kappa shape index (κ3) is 1.82. The first-order valence-electron chi connectivity index (χ1n) is 5.61. The number of hydrogen-bond acceptors (Lipinski definition) is 5. The summed E-state index contributed by atoms with van der Waals surface area (Å²) in [6.45, 7) is 2.67. The van der Waals surface area contributed by atoms with Crippen molar-refractivity contribution in [2.75, 3.05) is 23.8 Å². The zero-order valence-electron chi connectivity index (χ0n) is 9.67. The Labute approximate surface area is 99.3 Å². The number of pyridine rings is 1. The van der Waals surface area contributed by atoms with Crippen LogP contribution in [0.1, 0.15) is 5.82 Å². The minimum Gasteiger partial charge on any atom is -0.387 e. The van der Waals surface area contributed by atoms with Gasteiger partial charge in [-0.25, -0.2) is 0 Å². The molecule has 0 saturated heterocycles. The molecule has 0 saturated carbocycles. The van der Waals surface area contributed by atoms with Crippen LogP contribution < -0.4 is 10.2 Å². The highest BCUT2D eigenvalue weighted by Crippen LogP contribution is 2.21. The van der Waals surface area contributed by atoms with Crippen LogP contribution in [-0.4, -0.2) is 33.3 Å². The van der Waals surface area contributed by atoms with Gasteiger partial charge in [-0.05, 0) is 6.07 Å². The van der Waals surface area contributed by atoms with Crippen LogP contribution in [0.2, 0.25) is 0 Å². The predicted molar refractivity (Wildman–Crippen MR) is 64.9 cm³/mol. The second-order valence-corrected chi connectivity index (χ2v) is 4.04. The van der Waals surface area contributed by atoms with Crippen molar-refractivity contribution in [3.8, 4) is 0 Å². The summed E-state index contributed by atoms with van der Waals surface area (Å²) in [6.07, 6.45) is 5.48. The van der Waals surface area contributed by atoms with Crippen LogP contribution in [0.5, 0.6) is 0 Å². The summed E-state index contributed by atoms with van der Waals surface area (Å²) in [5.41, 5.74) is 2.14. The zero-order chi connectivity index (χ0) is 11.7. The molecule has 2 aromatic heterocycles. The number of fused-ring (bicyclic) bond motifs is 1. The van der Waals surface area contributed by atoms with E-state index in [1.54, 1.807) is 6.33 Å². The molecule has 0 radical (unpaired) electrons. The lowest BCUT2D eigenvalue weighted by Gasteiger charge is -2.28. The molecule has 0 atom stereocenters. The van der Waals surface area contributed by atoms with Crippen molar-refractivity contribution in [1.82, 2.24) is 19.7 Å². The van der Waals surface area contributed by atoms with Gasteiger partial charge in [-0.2, -0.15) is 0 Å².